The predicted molar refractivity (Wildman–Crippen MR) is 74.8 cm³/mol. The van der Waals surface area contributed by atoms with Gasteiger partial charge in [0, 0.05) is 31.0 Å². The minimum absolute atomic E-state index is 0.219. The van der Waals surface area contributed by atoms with Crippen LogP contribution in [0.5, 0.6) is 0 Å². The second-order valence-corrected chi connectivity index (χ2v) is 5.07. The van der Waals surface area contributed by atoms with Crippen LogP contribution in [-0.4, -0.2) is 29.8 Å². The molecular weight excluding hydrogens is 236 g/mol. The summed E-state index contributed by atoms with van der Waals surface area (Å²) in [6, 6.07) is 12.3. The third-order valence-corrected chi connectivity index (χ3v) is 3.52. The van der Waals surface area contributed by atoms with Gasteiger partial charge >= 0.3 is 0 Å². The van der Waals surface area contributed by atoms with Gasteiger partial charge in [-0.15, -0.1) is 0 Å². The zero-order chi connectivity index (χ0) is 13.5. The fourth-order valence-corrected chi connectivity index (χ4v) is 2.32. The van der Waals surface area contributed by atoms with E-state index in [-0.39, 0.29) is 5.78 Å². The van der Waals surface area contributed by atoms with Gasteiger partial charge in [0.05, 0.1) is 6.07 Å². The first-order chi connectivity index (χ1) is 9.31. The van der Waals surface area contributed by atoms with Crippen molar-refractivity contribution < 1.29 is 4.79 Å². The van der Waals surface area contributed by atoms with Crippen molar-refractivity contribution in [3.63, 3.8) is 0 Å². The number of hydrogen-bond acceptors (Lipinski definition) is 3. The zero-order valence-electron chi connectivity index (χ0n) is 11.2. The van der Waals surface area contributed by atoms with E-state index in [1.807, 2.05) is 30.3 Å². The average molecular weight is 256 g/mol. The van der Waals surface area contributed by atoms with E-state index >= 15 is 0 Å². The summed E-state index contributed by atoms with van der Waals surface area (Å²) in [7, 11) is 0. The first-order valence-electron chi connectivity index (χ1n) is 7.00. The molecule has 0 spiro atoms. The highest BCUT2D eigenvalue weighted by Gasteiger charge is 2.28. The molecule has 0 unspecified atom stereocenters. The molecule has 0 radical (unpaired) electrons. The van der Waals surface area contributed by atoms with E-state index in [1.165, 1.54) is 12.8 Å². The Morgan fingerprint density at radius 2 is 2.00 bits per heavy atom. The molecule has 1 aliphatic carbocycles. The molecule has 1 aromatic rings. The highest BCUT2D eigenvalue weighted by atomic mass is 16.1. The van der Waals surface area contributed by atoms with Crippen molar-refractivity contribution in [2.75, 3.05) is 13.1 Å². The van der Waals surface area contributed by atoms with Gasteiger partial charge in [0.2, 0.25) is 0 Å². The first-order valence-corrected chi connectivity index (χ1v) is 7.00. The van der Waals surface area contributed by atoms with Crippen molar-refractivity contribution in [1.29, 1.82) is 5.26 Å². The number of nitriles is 1. The molecule has 3 heteroatoms. The van der Waals surface area contributed by atoms with Crippen LogP contribution < -0.4 is 0 Å². The highest BCUT2D eigenvalue weighted by Crippen LogP contribution is 2.27. The van der Waals surface area contributed by atoms with E-state index in [0.29, 0.717) is 18.9 Å². The third kappa shape index (κ3) is 4.50. The normalized spacial score (nSPS) is 14.3. The topological polar surface area (TPSA) is 44.1 Å². The summed E-state index contributed by atoms with van der Waals surface area (Å²) in [5.74, 6) is 0.219. The van der Waals surface area contributed by atoms with E-state index in [9.17, 15) is 4.79 Å². The predicted octanol–water partition coefficient (Wildman–Crippen LogP) is 3.03. The molecule has 0 aromatic heterocycles. The Bertz CT molecular complexity index is 446. The zero-order valence-corrected chi connectivity index (χ0v) is 11.2. The van der Waals surface area contributed by atoms with Crippen LogP contribution in [0.1, 0.15) is 42.5 Å². The highest BCUT2D eigenvalue weighted by molar-refractivity contribution is 5.95. The summed E-state index contributed by atoms with van der Waals surface area (Å²) in [6.45, 7) is 1.78. The van der Waals surface area contributed by atoms with Crippen molar-refractivity contribution in [3.8, 4) is 6.07 Å². The van der Waals surface area contributed by atoms with Gasteiger partial charge in [-0.3, -0.25) is 9.69 Å². The standard InChI is InChI=1S/C16H20N2O/c17-11-5-13-18(15-9-10-15)12-4-8-16(19)14-6-2-1-3-7-14/h1-3,6-7,15H,4-5,8-10,12-13H2. The van der Waals surface area contributed by atoms with Gasteiger partial charge in [0.15, 0.2) is 5.78 Å². The molecule has 3 nitrogen and oxygen atoms in total. The van der Waals surface area contributed by atoms with Gasteiger partial charge in [0.1, 0.15) is 0 Å². The van der Waals surface area contributed by atoms with Gasteiger partial charge in [-0.1, -0.05) is 30.3 Å². The molecule has 2 rings (SSSR count). The van der Waals surface area contributed by atoms with Crippen molar-refractivity contribution in [2.24, 2.45) is 0 Å². The van der Waals surface area contributed by atoms with Crippen LogP contribution >= 0.6 is 0 Å². The minimum atomic E-state index is 0.219. The second kappa shape index (κ2) is 7.06. The van der Waals surface area contributed by atoms with Crippen LogP contribution in [0.25, 0.3) is 0 Å². The number of carbonyl (C=O) groups excluding carboxylic acids is 1. The van der Waals surface area contributed by atoms with Crippen molar-refractivity contribution in [3.05, 3.63) is 35.9 Å². The van der Waals surface area contributed by atoms with Crippen LogP contribution in [0.3, 0.4) is 0 Å². The maximum absolute atomic E-state index is 12.0. The van der Waals surface area contributed by atoms with Crippen molar-refractivity contribution >= 4 is 5.78 Å². The lowest BCUT2D eigenvalue weighted by Gasteiger charge is -2.20. The lowest BCUT2D eigenvalue weighted by Crippen LogP contribution is -2.28. The van der Waals surface area contributed by atoms with E-state index in [1.54, 1.807) is 0 Å². The molecule has 0 amide bonds. The lowest BCUT2D eigenvalue weighted by molar-refractivity contribution is 0.0974. The van der Waals surface area contributed by atoms with Gasteiger partial charge in [0.25, 0.3) is 0 Å². The lowest BCUT2D eigenvalue weighted by atomic mass is 10.1. The van der Waals surface area contributed by atoms with Crippen molar-refractivity contribution in [2.45, 2.75) is 38.1 Å². The number of rotatable bonds is 8. The Morgan fingerprint density at radius 3 is 2.63 bits per heavy atom. The molecule has 19 heavy (non-hydrogen) atoms. The number of nitrogens with zero attached hydrogens (tertiary/aromatic N) is 2. The number of hydrogen-bond donors (Lipinski definition) is 0. The molecule has 0 bridgehead atoms. The molecule has 0 atom stereocenters. The van der Waals surface area contributed by atoms with Crippen LogP contribution in [0.15, 0.2) is 30.3 Å². The van der Waals surface area contributed by atoms with Crippen LogP contribution in [0, 0.1) is 11.3 Å². The molecule has 1 fully saturated rings. The molecule has 100 valence electrons. The first kappa shape index (κ1) is 13.8. The van der Waals surface area contributed by atoms with Crippen LogP contribution in [-0.2, 0) is 0 Å². The smallest absolute Gasteiger partial charge is 0.162 e. The third-order valence-electron chi connectivity index (χ3n) is 3.52. The maximum atomic E-state index is 12.0. The SMILES string of the molecule is N#CCCN(CCCC(=O)c1ccccc1)C1CC1. The molecular formula is C16H20N2O. The second-order valence-electron chi connectivity index (χ2n) is 5.07. The molecule has 0 N–H and O–H groups in total. The average Bonchev–Trinajstić information content (AvgIpc) is 3.28. The summed E-state index contributed by atoms with van der Waals surface area (Å²) in [5.41, 5.74) is 0.803. The number of ketones is 1. The maximum Gasteiger partial charge on any atom is 0.162 e. The Hall–Kier alpha value is -1.66. The van der Waals surface area contributed by atoms with Crippen LogP contribution in [0.4, 0.5) is 0 Å². The van der Waals surface area contributed by atoms with Gasteiger partial charge in [-0.05, 0) is 25.8 Å². The number of carbonyl (C=O) groups is 1. The van der Waals surface area contributed by atoms with Gasteiger partial charge in [-0.2, -0.15) is 5.26 Å². The number of Topliss-reactive ketones (excluding diaryl/α,β-unsaturated/α-hetero) is 1. The Balaban J connectivity index is 1.73. The Labute approximate surface area is 114 Å². The Morgan fingerprint density at radius 1 is 1.26 bits per heavy atom. The summed E-state index contributed by atoms with van der Waals surface area (Å²) < 4.78 is 0. The summed E-state index contributed by atoms with van der Waals surface area (Å²) >= 11 is 0. The van der Waals surface area contributed by atoms with Crippen molar-refractivity contribution in [1.82, 2.24) is 4.90 Å². The minimum Gasteiger partial charge on any atom is -0.299 e. The molecule has 0 saturated heterocycles. The number of benzene rings is 1. The summed E-state index contributed by atoms with van der Waals surface area (Å²) in [4.78, 5) is 14.3. The fraction of sp³-hybridized carbons (Fsp3) is 0.500. The monoisotopic (exact) mass is 256 g/mol. The van der Waals surface area contributed by atoms with E-state index < -0.39 is 0 Å². The van der Waals surface area contributed by atoms with E-state index in [0.717, 1.165) is 25.1 Å². The van der Waals surface area contributed by atoms with E-state index in [2.05, 4.69) is 11.0 Å². The molecule has 0 heterocycles. The van der Waals surface area contributed by atoms with E-state index in [4.69, 9.17) is 5.26 Å². The summed E-state index contributed by atoms with van der Waals surface area (Å²) in [6.07, 6.45) is 4.56. The molecule has 0 aliphatic heterocycles. The molecule has 1 saturated carbocycles. The quantitative estimate of drug-likeness (QED) is 0.671. The van der Waals surface area contributed by atoms with Crippen LogP contribution in [0.2, 0.25) is 0 Å². The largest absolute Gasteiger partial charge is 0.299 e. The Kier molecular flexibility index (Phi) is 5.11. The van der Waals surface area contributed by atoms with Gasteiger partial charge < -0.3 is 0 Å². The van der Waals surface area contributed by atoms with Gasteiger partial charge in [-0.25, -0.2) is 0 Å². The summed E-state index contributed by atoms with van der Waals surface area (Å²) in [5, 5.41) is 8.65. The molecule has 1 aromatic carbocycles. The fourth-order valence-electron chi connectivity index (χ4n) is 2.32. The molecule has 1 aliphatic rings.